The van der Waals surface area contributed by atoms with Gasteiger partial charge in [-0.25, -0.2) is 0 Å². The average molecular weight is 257 g/mol. The Morgan fingerprint density at radius 2 is 1.61 bits per heavy atom. The van der Waals surface area contributed by atoms with E-state index in [4.69, 9.17) is 11.6 Å². The van der Waals surface area contributed by atoms with Crippen molar-refractivity contribution in [3.05, 3.63) is 77.4 Å². The van der Waals surface area contributed by atoms with Crippen molar-refractivity contribution >= 4 is 22.4 Å². The van der Waals surface area contributed by atoms with E-state index in [1.165, 1.54) is 6.08 Å². The number of rotatable bonds is 3. The van der Waals surface area contributed by atoms with Crippen molar-refractivity contribution < 1.29 is 4.79 Å². The second kappa shape index (κ2) is 5.65. The number of halogens is 1. The van der Waals surface area contributed by atoms with Crippen LogP contribution in [0, 0.1) is 6.92 Å². The lowest BCUT2D eigenvalue weighted by Crippen LogP contribution is -1.95. The smallest absolute Gasteiger partial charge is 0.187 e. The lowest BCUT2D eigenvalue weighted by atomic mass is 10.1. The number of allylic oxidation sites excluding steroid dienone is 1. The molecule has 0 aliphatic heterocycles. The van der Waals surface area contributed by atoms with Gasteiger partial charge in [0, 0.05) is 11.6 Å². The summed E-state index contributed by atoms with van der Waals surface area (Å²) >= 11 is 6.20. The van der Waals surface area contributed by atoms with Gasteiger partial charge in [0.25, 0.3) is 0 Å². The number of benzene rings is 2. The Morgan fingerprint density at radius 1 is 1.00 bits per heavy atom. The molecule has 2 aromatic rings. The highest BCUT2D eigenvalue weighted by atomic mass is 35.5. The fraction of sp³-hybridized carbons (Fsp3) is 0.0625. The largest absolute Gasteiger partial charge is 0.289 e. The van der Waals surface area contributed by atoms with Crippen LogP contribution in [0.2, 0.25) is 0 Å². The van der Waals surface area contributed by atoms with Crippen LogP contribution in [0.5, 0.6) is 0 Å². The van der Waals surface area contributed by atoms with Crippen LogP contribution in [0.4, 0.5) is 0 Å². The molecule has 0 unspecified atom stereocenters. The Bertz CT molecular complexity index is 585. The first-order chi connectivity index (χ1) is 8.68. The predicted molar refractivity (Wildman–Crippen MR) is 75.8 cm³/mol. The average Bonchev–Trinajstić information content (AvgIpc) is 2.40. The topological polar surface area (TPSA) is 17.1 Å². The van der Waals surface area contributed by atoms with Crippen molar-refractivity contribution in [2.45, 2.75) is 6.92 Å². The third kappa shape index (κ3) is 2.88. The number of hydrogen-bond acceptors (Lipinski definition) is 1. The third-order valence-electron chi connectivity index (χ3n) is 2.72. The standard InChI is InChI=1S/C16H13ClO/c1-12-7-5-6-10-14(12)15(17)11-16(18)13-8-3-2-4-9-13/h2-11H,1H3/b15-11-. The molecule has 1 nitrogen and oxygen atoms in total. The SMILES string of the molecule is Cc1ccccc1/C(Cl)=C/C(=O)c1ccccc1. The van der Waals surface area contributed by atoms with E-state index in [0.29, 0.717) is 10.6 Å². The molecule has 90 valence electrons. The van der Waals surface area contributed by atoms with Crippen LogP contribution in [0.25, 0.3) is 5.03 Å². The molecule has 2 aromatic carbocycles. The van der Waals surface area contributed by atoms with Crippen molar-refractivity contribution in [3.8, 4) is 0 Å². The van der Waals surface area contributed by atoms with Gasteiger partial charge >= 0.3 is 0 Å². The molecule has 18 heavy (non-hydrogen) atoms. The van der Waals surface area contributed by atoms with Gasteiger partial charge in [0.15, 0.2) is 5.78 Å². The predicted octanol–water partition coefficient (Wildman–Crippen LogP) is 4.46. The van der Waals surface area contributed by atoms with E-state index < -0.39 is 0 Å². The number of aryl methyl sites for hydroxylation is 1. The molecule has 0 saturated carbocycles. The normalized spacial score (nSPS) is 11.3. The van der Waals surface area contributed by atoms with Gasteiger partial charge in [0.2, 0.25) is 0 Å². The van der Waals surface area contributed by atoms with E-state index in [9.17, 15) is 4.79 Å². The molecule has 0 N–H and O–H groups in total. The minimum absolute atomic E-state index is 0.0798. The second-order valence-corrected chi connectivity index (χ2v) is 4.44. The summed E-state index contributed by atoms with van der Waals surface area (Å²) < 4.78 is 0. The van der Waals surface area contributed by atoms with Gasteiger partial charge in [-0.1, -0.05) is 66.2 Å². The van der Waals surface area contributed by atoms with Gasteiger partial charge < -0.3 is 0 Å². The summed E-state index contributed by atoms with van der Waals surface area (Å²) in [6, 6.07) is 16.8. The Balaban J connectivity index is 2.30. The summed E-state index contributed by atoms with van der Waals surface area (Å²) in [6.45, 7) is 1.97. The first kappa shape index (κ1) is 12.6. The quantitative estimate of drug-likeness (QED) is 0.585. The Morgan fingerprint density at radius 3 is 2.28 bits per heavy atom. The van der Waals surface area contributed by atoms with E-state index in [-0.39, 0.29) is 5.78 Å². The Kier molecular flexibility index (Phi) is 3.96. The first-order valence-electron chi connectivity index (χ1n) is 5.71. The van der Waals surface area contributed by atoms with Crippen LogP contribution in [-0.2, 0) is 0 Å². The van der Waals surface area contributed by atoms with Crippen LogP contribution in [0.1, 0.15) is 21.5 Å². The monoisotopic (exact) mass is 256 g/mol. The van der Waals surface area contributed by atoms with E-state index in [1.54, 1.807) is 12.1 Å². The van der Waals surface area contributed by atoms with Crippen LogP contribution in [0.15, 0.2) is 60.7 Å². The molecule has 2 rings (SSSR count). The fourth-order valence-corrected chi connectivity index (χ4v) is 2.03. The molecular weight excluding hydrogens is 244 g/mol. The van der Waals surface area contributed by atoms with Crippen LogP contribution in [0.3, 0.4) is 0 Å². The zero-order chi connectivity index (χ0) is 13.0. The zero-order valence-corrected chi connectivity index (χ0v) is 10.8. The molecule has 0 aliphatic carbocycles. The molecular formula is C16H13ClO. The van der Waals surface area contributed by atoms with Crippen molar-refractivity contribution in [1.82, 2.24) is 0 Å². The summed E-state index contributed by atoms with van der Waals surface area (Å²) in [6.07, 6.45) is 1.47. The molecule has 0 radical (unpaired) electrons. The van der Waals surface area contributed by atoms with Crippen molar-refractivity contribution in [2.75, 3.05) is 0 Å². The van der Waals surface area contributed by atoms with Gasteiger partial charge in [-0.2, -0.15) is 0 Å². The van der Waals surface area contributed by atoms with Crippen LogP contribution in [-0.4, -0.2) is 5.78 Å². The number of carbonyl (C=O) groups is 1. The minimum atomic E-state index is -0.0798. The van der Waals surface area contributed by atoms with Gasteiger partial charge in [-0.15, -0.1) is 0 Å². The van der Waals surface area contributed by atoms with Crippen LogP contribution < -0.4 is 0 Å². The Hall–Kier alpha value is -1.86. The summed E-state index contributed by atoms with van der Waals surface area (Å²) in [5, 5.41) is 0.474. The number of ketones is 1. The van der Waals surface area contributed by atoms with Gasteiger partial charge in [0.05, 0.1) is 5.03 Å². The summed E-state index contributed by atoms with van der Waals surface area (Å²) in [5.41, 5.74) is 2.59. The molecule has 0 fully saturated rings. The lowest BCUT2D eigenvalue weighted by Gasteiger charge is -2.03. The molecule has 0 atom stereocenters. The molecule has 0 amide bonds. The molecule has 0 aromatic heterocycles. The maximum Gasteiger partial charge on any atom is 0.187 e. The van der Waals surface area contributed by atoms with E-state index in [2.05, 4.69) is 0 Å². The van der Waals surface area contributed by atoms with Gasteiger partial charge in [-0.3, -0.25) is 4.79 Å². The maximum absolute atomic E-state index is 12.0. The van der Waals surface area contributed by atoms with Crippen molar-refractivity contribution in [2.24, 2.45) is 0 Å². The van der Waals surface area contributed by atoms with Gasteiger partial charge in [-0.05, 0) is 18.1 Å². The third-order valence-corrected chi connectivity index (χ3v) is 3.03. The molecule has 0 spiro atoms. The molecule has 0 aliphatic rings. The number of carbonyl (C=O) groups excluding carboxylic acids is 1. The van der Waals surface area contributed by atoms with Gasteiger partial charge in [0.1, 0.15) is 0 Å². The summed E-state index contributed by atoms with van der Waals surface area (Å²) in [4.78, 5) is 12.0. The minimum Gasteiger partial charge on any atom is -0.289 e. The molecule has 0 saturated heterocycles. The molecule has 0 heterocycles. The second-order valence-electron chi connectivity index (χ2n) is 4.04. The molecule has 0 bridgehead atoms. The highest BCUT2D eigenvalue weighted by Crippen LogP contribution is 2.22. The van der Waals surface area contributed by atoms with Crippen LogP contribution >= 0.6 is 11.6 Å². The van der Waals surface area contributed by atoms with E-state index in [0.717, 1.165) is 11.1 Å². The number of hydrogen-bond donors (Lipinski definition) is 0. The molecule has 2 heteroatoms. The van der Waals surface area contributed by atoms with E-state index in [1.807, 2.05) is 49.4 Å². The van der Waals surface area contributed by atoms with E-state index >= 15 is 0 Å². The highest BCUT2D eigenvalue weighted by Gasteiger charge is 2.06. The highest BCUT2D eigenvalue weighted by molar-refractivity contribution is 6.50. The maximum atomic E-state index is 12.0. The first-order valence-corrected chi connectivity index (χ1v) is 6.09. The summed E-state index contributed by atoms with van der Waals surface area (Å²) in [5.74, 6) is -0.0798. The van der Waals surface area contributed by atoms with Crippen molar-refractivity contribution in [1.29, 1.82) is 0 Å². The summed E-state index contributed by atoms with van der Waals surface area (Å²) in [7, 11) is 0. The van der Waals surface area contributed by atoms with Crippen molar-refractivity contribution in [3.63, 3.8) is 0 Å². The Labute approximate surface area is 112 Å². The fourth-order valence-electron chi connectivity index (χ4n) is 1.72. The lowest BCUT2D eigenvalue weighted by molar-refractivity contribution is 0.104. The zero-order valence-electron chi connectivity index (χ0n) is 10.1.